The summed E-state index contributed by atoms with van der Waals surface area (Å²) in [4.78, 5) is 4.30. The Labute approximate surface area is 70.0 Å². The number of fused-ring (bicyclic) bond motifs is 1. The van der Waals surface area contributed by atoms with Crippen LogP contribution in [0.3, 0.4) is 0 Å². The van der Waals surface area contributed by atoms with E-state index >= 15 is 0 Å². The molecule has 0 fully saturated rings. The molecule has 0 saturated heterocycles. The standard InChI is InChI=1S/C8H10N4/c1-6-7(5-9)12-8(11-6)3-2-4-10-12/h2-4H,5,9H2,1H3. The van der Waals surface area contributed by atoms with Crippen molar-refractivity contribution in [3.05, 3.63) is 29.7 Å². The maximum atomic E-state index is 5.56. The van der Waals surface area contributed by atoms with Crippen LogP contribution in [0.25, 0.3) is 5.65 Å². The van der Waals surface area contributed by atoms with Gasteiger partial charge in [0, 0.05) is 12.7 Å². The molecule has 0 unspecified atom stereocenters. The van der Waals surface area contributed by atoms with Gasteiger partial charge in [-0.3, -0.25) is 0 Å². The van der Waals surface area contributed by atoms with Gasteiger partial charge in [-0.25, -0.2) is 9.50 Å². The van der Waals surface area contributed by atoms with Crippen molar-refractivity contribution in [3.8, 4) is 0 Å². The lowest BCUT2D eigenvalue weighted by Gasteiger charge is -1.95. The number of nitrogens with two attached hydrogens (primary N) is 1. The molecule has 0 saturated carbocycles. The maximum Gasteiger partial charge on any atom is 0.154 e. The first-order chi connectivity index (χ1) is 5.83. The Morgan fingerprint density at radius 2 is 2.42 bits per heavy atom. The lowest BCUT2D eigenvalue weighted by molar-refractivity contribution is 0.838. The predicted octanol–water partition coefficient (Wildman–Crippen LogP) is 0.496. The SMILES string of the molecule is Cc1nc2cccnn2c1CN. The molecule has 0 bridgehead atoms. The number of hydrogen-bond acceptors (Lipinski definition) is 3. The molecule has 0 aliphatic rings. The third-order valence-corrected chi connectivity index (χ3v) is 1.88. The molecule has 0 radical (unpaired) electrons. The summed E-state index contributed by atoms with van der Waals surface area (Å²) >= 11 is 0. The highest BCUT2D eigenvalue weighted by molar-refractivity contribution is 5.40. The molecule has 2 rings (SSSR count). The smallest absolute Gasteiger partial charge is 0.154 e. The van der Waals surface area contributed by atoms with Gasteiger partial charge in [-0.05, 0) is 19.1 Å². The van der Waals surface area contributed by atoms with Crippen LogP contribution in [0.4, 0.5) is 0 Å². The van der Waals surface area contributed by atoms with Crippen LogP contribution < -0.4 is 5.73 Å². The Hall–Kier alpha value is -1.42. The summed E-state index contributed by atoms with van der Waals surface area (Å²) in [7, 11) is 0. The summed E-state index contributed by atoms with van der Waals surface area (Å²) in [5, 5.41) is 4.15. The lowest BCUT2D eigenvalue weighted by atomic mass is 10.3. The van der Waals surface area contributed by atoms with Gasteiger partial charge in [0.2, 0.25) is 0 Å². The molecule has 0 amide bonds. The van der Waals surface area contributed by atoms with Crippen molar-refractivity contribution in [2.24, 2.45) is 5.73 Å². The molecule has 2 N–H and O–H groups in total. The van der Waals surface area contributed by atoms with Gasteiger partial charge < -0.3 is 5.73 Å². The van der Waals surface area contributed by atoms with Gasteiger partial charge in [0.25, 0.3) is 0 Å². The Balaban J connectivity index is 2.81. The first-order valence-electron chi connectivity index (χ1n) is 3.82. The average Bonchev–Trinajstić information content (AvgIpc) is 2.40. The number of aryl methyl sites for hydroxylation is 1. The van der Waals surface area contributed by atoms with Gasteiger partial charge in [-0.1, -0.05) is 0 Å². The molecule has 0 atom stereocenters. The molecular formula is C8H10N4. The van der Waals surface area contributed by atoms with Gasteiger partial charge in [-0.2, -0.15) is 5.10 Å². The highest BCUT2D eigenvalue weighted by Crippen LogP contribution is 2.08. The Morgan fingerprint density at radius 1 is 1.58 bits per heavy atom. The minimum absolute atomic E-state index is 0.476. The van der Waals surface area contributed by atoms with Crippen molar-refractivity contribution in [2.75, 3.05) is 0 Å². The first kappa shape index (κ1) is 7.24. The molecule has 2 aromatic heterocycles. The largest absolute Gasteiger partial charge is 0.325 e. The molecule has 0 aliphatic heterocycles. The van der Waals surface area contributed by atoms with E-state index in [4.69, 9.17) is 5.73 Å². The molecule has 2 heterocycles. The van der Waals surface area contributed by atoms with E-state index in [9.17, 15) is 0 Å². The second-order valence-electron chi connectivity index (χ2n) is 2.64. The van der Waals surface area contributed by atoms with Crippen molar-refractivity contribution in [1.29, 1.82) is 0 Å². The van der Waals surface area contributed by atoms with E-state index in [0.717, 1.165) is 17.0 Å². The number of rotatable bonds is 1. The van der Waals surface area contributed by atoms with Gasteiger partial charge in [0.1, 0.15) is 0 Å². The van der Waals surface area contributed by atoms with E-state index in [1.54, 1.807) is 10.7 Å². The molecule has 0 spiro atoms. The van der Waals surface area contributed by atoms with Gasteiger partial charge in [-0.15, -0.1) is 0 Å². The lowest BCUT2D eigenvalue weighted by Crippen LogP contribution is -2.04. The van der Waals surface area contributed by atoms with Crippen molar-refractivity contribution in [2.45, 2.75) is 13.5 Å². The van der Waals surface area contributed by atoms with E-state index in [0.29, 0.717) is 6.54 Å². The van der Waals surface area contributed by atoms with Crippen LogP contribution >= 0.6 is 0 Å². The zero-order valence-corrected chi connectivity index (χ0v) is 6.86. The Kier molecular flexibility index (Phi) is 1.55. The highest BCUT2D eigenvalue weighted by Gasteiger charge is 2.05. The summed E-state index contributed by atoms with van der Waals surface area (Å²) in [5.41, 5.74) is 8.35. The topological polar surface area (TPSA) is 56.2 Å². The van der Waals surface area contributed by atoms with Crippen LogP contribution in [0.2, 0.25) is 0 Å². The first-order valence-corrected chi connectivity index (χ1v) is 3.82. The average molecular weight is 162 g/mol. The van der Waals surface area contributed by atoms with Crippen LogP contribution in [0.1, 0.15) is 11.4 Å². The van der Waals surface area contributed by atoms with Crippen LogP contribution in [-0.4, -0.2) is 14.6 Å². The molecular weight excluding hydrogens is 152 g/mol. The summed E-state index contributed by atoms with van der Waals surface area (Å²) < 4.78 is 1.77. The van der Waals surface area contributed by atoms with E-state index in [1.807, 2.05) is 19.1 Å². The second-order valence-corrected chi connectivity index (χ2v) is 2.64. The van der Waals surface area contributed by atoms with Gasteiger partial charge >= 0.3 is 0 Å². The van der Waals surface area contributed by atoms with Crippen LogP contribution in [-0.2, 0) is 6.54 Å². The zero-order valence-electron chi connectivity index (χ0n) is 6.86. The fourth-order valence-electron chi connectivity index (χ4n) is 1.28. The minimum Gasteiger partial charge on any atom is -0.325 e. The van der Waals surface area contributed by atoms with Crippen molar-refractivity contribution < 1.29 is 0 Å². The fourth-order valence-corrected chi connectivity index (χ4v) is 1.28. The quantitative estimate of drug-likeness (QED) is 0.664. The monoisotopic (exact) mass is 162 g/mol. The highest BCUT2D eigenvalue weighted by atomic mass is 15.3. The zero-order chi connectivity index (χ0) is 8.55. The third-order valence-electron chi connectivity index (χ3n) is 1.88. The number of aromatic nitrogens is 3. The molecule has 62 valence electrons. The summed E-state index contributed by atoms with van der Waals surface area (Å²) in [5.74, 6) is 0. The van der Waals surface area contributed by atoms with Gasteiger partial charge in [0.05, 0.1) is 11.4 Å². The maximum absolute atomic E-state index is 5.56. The van der Waals surface area contributed by atoms with Crippen LogP contribution in [0, 0.1) is 6.92 Å². The summed E-state index contributed by atoms with van der Waals surface area (Å²) in [6.45, 7) is 2.42. The van der Waals surface area contributed by atoms with E-state index in [1.165, 1.54) is 0 Å². The van der Waals surface area contributed by atoms with Crippen molar-refractivity contribution in [1.82, 2.24) is 14.6 Å². The van der Waals surface area contributed by atoms with Gasteiger partial charge in [0.15, 0.2) is 5.65 Å². The predicted molar refractivity (Wildman–Crippen MR) is 45.6 cm³/mol. The van der Waals surface area contributed by atoms with Crippen LogP contribution in [0.15, 0.2) is 18.3 Å². The second kappa shape index (κ2) is 2.57. The molecule has 4 heteroatoms. The molecule has 0 aromatic carbocycles. The van der Waals surface area contributed by atoms with Crippen LogP contribution in [0.5, 0.6) is 0 Å². The number of hydrogen-bond donors (Lipinski definition) is 1. The van der Waals surface area contributed by atoms with Crippen molar-refractivity contribution in [3.63, 3.8) is 0 Å². The van der Waals surface area contributed by atoms with E-state index < -0.39 is 0 Å². The molecule has 12 heavy (non-hydrogen) atoms. The molecule has 4 nitrogen and oxygen atoms in total. The third kappa shape index (κ3) is 0.887. The fraction of sp³-hybridized carbons (Fsp3) is 0.250. The summed E-state index contributed by atoms with van der Waals surface area (Å²) in [6, 6.07) is 3.78. The Morgan fingerprint density at radius 3 is 3.17 bits per heavy atom. The molecule has 0 aliphatic carbocycles. The molecule has 2 aromatic rings. The Bertz CT molecular complexity index is 404. The van der Waals surface area contributed by atoms with E-state index in [2.05, 4.69) is 10.1 Å². The number of imidazole rings is 1. The van der Waals surface area contributed by atoms with Crippen molar-refractivity contribution >= 4 is 5.65 Å². The minimum atomic E-state index is 0.476. The summed E-state index contributed by atoms with van der Waals surface area (Å²) in [6.07, 6.45) is 1.73. The van der Waals surface area contributed by atoms with E-state index in [-0.39, 0.29) is 0 Å². The number of nitrogens with zero attached hydrogens (tertiary/aromatic N) is 3. The normalized spacial score (nSPS) is 10.8.